The molecule has 6 unspecified atom stereocenters. The Labute approximate surface area is 218 Å². The van der Waals surface area contributed by atoms with Crippen molar-refractivity contribution in [1.29, 1.82) is 0 Å². The average molecular weight is 563 g/mol. The number of carbonyl (C=O) groups is 2. The Bertz CT molecular complexity index is 1000. The quantitative estimate of drug-likeness (QED) is 0.331. The largest absolute Gasteiger partial charge is 0.458 e. The van der Waals surface area contributed by atoms with Gasteiger partial charge in [0.15, 0.2) is 5.79 Å². The van der Waals surface area contributed by atoms with Crippen LogP contribution in [-0.2, 0) is 33.2 Å². The Morgan fingerprint density at radius 1 is 1.06 bits per heavy atom. The van der Waals surface area contributed by atoms with E-state index < -0.39 is 11.9 Å². The van der Waals surface area contributed by atoms with E-state index in [9.17, 15) is 9.59 Å². The molecule has 1 aromatic carbocycles. The molecule has 6 aliphatic heterocycles. The summed E-state index contributed by atoms with van der Waals surface area (Å²) in [6, 6.07) is 8.96. The first-order valence-corrected chi connectivity index (χ1v) is 13.6. The summed E-state index contributed by atoms with van der Waals surface area (Å²) < 4.78 is 39.0. The summed E-state index contributed by atoms with van der Waals surface area (Å²) in [4.78, 5) is 23.8. The summed E-state index contributed by atoms with van der Waals surface area (Å²) in [6.07, 6.45) is 3.01. The molecule has 9 heteroatoms. The van der Waals surface area contributed by atoms with Crippen molar-refractivity contribution >= 4 is 28.2 Å². The molecule has 194 valence electrons. The van der Waals surface area contributed by atoms with E-state index in [1.54, 1.807) is 12.1 Å². The monoisotopic (exact) mass is 562 g/mol. The van der Waals surface area contributed by atoms with Gasteiger partial charge < -0.3 is 33.2 Å². The van der Waals surface area contributed by atoms with Crippen molar-refractivity contribution in [2.24, 2.45) is 0 Å². The van der Waals surface area contributed by atoms with Crippen LogP contribution < -0.4 is 0 Å². The van der Waals surface area contributed by atoms with Crippen molar-refractivity contribution < 1.29 is 38.0 Å². The van der Waals surface area contributed by atoms with Crippen molar-refractivity contribution in [1.82, 2.24) is 0 Å². The summed E-state index contributed by atoms with van der Waals surface area (Å²) in [5.41, 5.74) is 0.509. The molecule has 0 N–H and O–H groups in total. The van der Waals surface area contributed by atoms with E-state index in [1.807, 2.05) is 18.2 Å². The lowest BCUT2D eigenvalue weighted by Crippen LogP contribution is -2.61. The molecule has 6 fully saturated rings. The van der Waals surface area contributed by atoms with Gasteiger partial charge >= 0.3 is 5.97 Å². The van der Waals surface area contributed by atoms with Crippen LogP contribution in [0.4, 0.5) is 0 Å². The molecule has 7 rings (SSSR count). The number of aldehydes is 1. The van der Waals surface area contributed by atoms with Gasteiger partial charge in [0, 0.05) is 25.7 Å². The van der Waals surface area contributed by atoms with Gasteiger partial charge in [-0.05, 0) is 35.9 Å². The average Bonchev–Trinajstić information content (AvgIpc) is 3.28. The summed E-state index contributed by atoms with van der Waals surface area (Å²) in [5, 5.41) is 0. The Kier molecular flexibility index (Phi) is 6.81. The number of halogens is 1. The second-order valence-corrected chi connectivity index (χ2v) is 11.5. The minimum absolute atomic E-state index is 0.0993. The fraction of sp³-hybridized carbons (Fsp3) is 0.630. The number of rotatable bonds is 9. The topological polar surface area (TPSA) is 89.5 Å². The Hall–Kier alpha value is -1.62. The third-order valence-electron chi connectivity index (χ3n) is 7.97. The molecule has 0 saturated carbocycles. The number of hydrogen-bond donors (Lipinski definition) is 0. The lowest BCUT2D eigenvalue weighted by atomic mass is 9.87. The van der Waals surface area contributed by atoms with Crippen LogP contribution in [0.5, 0.6) is 0 Å². The number of ether oxygens (including phenoxy) is 6. The fourth-order valence-corrected chi connectivity index (χ4v) is 6.74. The zero-order valence-electron chi connectivity index (χ0n) is 20.0. The van der Waals surface area contributed by atoms with E-state index in [0.717, 1.165) is 23.6 Å². The van der Waals surface area contributed by atoms with Crippen molar-refractivity contribution in [2.75, 3.05) is 0 Å². The summed E-state index contributed by atoms with van der Waals surface area (Å²) >= 11 is 3.42. The maximum Gasteiger partial charge on any atom is 0.338 e. The highest BCUT2D eigenvalue weighted by atomic mass is 79.9. The molecule has 0 amide bonds. The standard InChI is InChI=1S/C27H31BrO8/c1-15(28)13-18(32-26(30)16-5-3-2-4-6-16)9-11-27-14-20-22(35-27)23-24(34-20)25(36-27)21-19(33-23)8-7-17(31-21)10-12-29/h2-6,12,17-25H,1,7-11,13-14H2/t17?,18-,19?,20?,21-,22?,23-,24?,25?,27-/m0/s1. The Morgan fingerprint density at radius 2 is 1.81 bits per heavy atom. The first-order chi connectivity index (χ1) is 17.4. The normalized spacial score (nSPS) is 40.8. The molecule has 6 bridgehead atoms. The lowest BCUT2D eigenvalue weighted by molar-refractivity contribution is -0.292. The van der Waals surface area contributed by atoms with Gasteiger partial charge in [0.2, 0.25) is 0 Å². The van der Waals surface area contributed by atoms with E-state index in [-0.39, 0.29) is 54.8 Å². The Balaban J connectivity index is 1.18. The smallest absolute Gasteiger partial charge is 0.338 e. The van der Waals surface area contributed by atoms with Gasteiger partial charge in [-0.3, -0.25) is 0 Å². The number of hydrogen-bond acceptors (Lipinski definition) is 8. The maximum absolute atomic E-state index is 12.7. The van der Waals surface area contributed by atoms with E-state index in [1.165, 1.54) is 0 Å². The molecule has 8 nitrogen and oxygen atoms in total. The summed E-state index contributed by atoms with van der Waals surface area (Å²) in [7, 11) is 0. The van der Waals surface area contributed by atoms with Crippen LogP contribution in [0.1, 0.15) is 55.3 Å². The highest BCUT2D eigenvalue weighted by Crippen LogP contribution is 2.54. The van der Waals surface area contributed by atoms with Gasteiger partial charge in [0.25, 0.3) is 0 Å². The van der Waals surface area contributed by atoms with Gasteiger partial charge in [0.05, 0.1) is 23.9 Å². The molecule has 6 aliphatic rings. The first kappa shape index (κ1) is 24.7. The van der Waals surface area contributed by atoms with Crippen molar-refractivity contribution in [3.63, 3.8) is 0 Å². The summed E-state index contributed by atoms with van der Waals surface area (Å²) in [5.74, 6) is -1.23. The molecule has 0 aliphatic carbocycles. The summed E-state index contributed by atoms with van der Waals surface area (Å²) in [6.45, 7) is 3.94. The molecule has 36 heavy (non-hydrogen) atoms. The zero-order valence-corrected chi connectivity index (χ0v) is 21.5. The second kappa shape index (κ2) is 9.93. The fourth-order valence-electron chi connectivity index (χ4n) is 6.38. The molecule has 0 spiro atoms. The third kappa shape index (κ3) is 4.59. The number of esters is 1. The SMILES string of the molecule is C=C(Br)C[C@H](CC[C@@]12CC3OC4C(O1)[C@H]1OC(CC=O)CCC1O[C@H]4C3O2)OC(=O)c1ccccc1. The molecule has 6 saturated heterocycles. The second-order valence-electron chi connectivity index (χ2n) is 10.4. The molecule has 1 aromatic rings. The molecular formula is C27H31BrO8. The van der Waals surface area contributed by atoms with Gasteiger partial charge in [-0.1, -0.05) is 40.7 Å². The number of carbonyl (C=O) groups excluding carboxylic acids is 2. The predicted octanol–water partition coefficient (Wildman–Crippen LogP) is 3.85. The van der Waals surface area contributed by atoms with Gasteiger partial charge in [0.1, 0.15) is 42.9 Å². The molecular weight excluding hydrogens is 532 g/mol. The van der Waals surface area contributed by atoms with E-state index in [2.05, 4.69) is 22.5 Å². The first-order valence-electron chi connectivity index (χ1n) is 12.8. The molecule has 0 aromatic heterocycles. The Morgan fingerprint density at radius 3 is 2.58 bits per heavy atom. The third-order valence-corrected chi connectivity index (χ3v) is 8.29. The van der Waals surface area contributed by atoms with Crippen molar-refractivity contribution in [3.05, 3.63) is 47.0 Å². The highest BCUT2D eigenvalue weighted by molar-refractivity contribution is 9.11. The van der Waals surface area contributed by atoms with Crippen LogP contribution in [-0.4, -0.2) is 73.0 Å². The molecule has 10 atom stereocenters. The van der Waals surface area contributed by atoms with E-state index in [4.69, 9.17) is 28.4 Å². The minimum atomic E-state index is -0.867. The maximum atomic E-state index is 12.7. The van der Waals surface area contributed by atoms with Crippen LogP contribution >= 0.6 is 15.9 Å². The van der Waals surface area contributed by atoms with Crippen LogP contribution in [0.2, 0.25) is 0 Å². The molecule has 0 radical (unpaired) electrons. The van der Waals surface area contributed by atoms with E-state index >= 15 is 0 Å². The van der Waals surface area contributed by atoms with Crippen molar-refractivity contribution in [3.8, 4) is 0 Å². The number of fused-ring (bicyclic) bond motifs is 1. The van der Waals surface area contributed by atoms with Crippen LogP contribution in [0, 0.1) is 0 Å². The van der Waals surface area contributed by atoms with Gasteiger partial charge in [-0.25, -0.2) is 4.79 Å². The lowest BCUT2D eigenvalue weighted by Gasteiger charge is -2.47. The molecule has 6 heterocycles. The predicted molar refractivity (Wildman–Crippen MR) is 131 cm³/mol. The highest BCUT2D eigenvalue weighted by Gasteiger charge is 2.68. The number of benzene rings is 1. The van der Waals surface area contributed by atoms with Crippen LogP contribution in [0.25, 0.3) is 0 Å². The van der Waals surface area contributed by atoms with Crippen molar-refractivity contribution in [2.45, 2.75) is 106 Å². The van der Waals surface area contributed by atoms with Gasteiger partial charge in [-0.15, -0.1) is 0 Å². The van der Waals surface area contributed by atoms with Gasteiger partial charge in [-0.2, -0.15) is 0 Å². The van der Waals surface area contributed by atoms with E-state index in [0.29, 0.717) is 37.7 Å². The van der Waals surface area contributed by atoms with Crippen LogP contribution in [0.15, 0.2) is 41.4 Å². The van der Waals surface area contributed by atoms with Crippen LogP contribution in [0.3, 0.4) is 0 Å². The minimum Gasteiger partial charge on any atom is -0.458 e. The zero-order chi connectivity index (χ0) is 24.9.